The number of aryl methyl sites for hydroxylation is 2. The lowest BCUT2D eigenvalue weighted by Gasteiger charge is -2.29. The van der Waals surface area contributed by atoms with Gasteiger partial charge >= 0.3 is 0 Å². The second-order valence-electron chi connectivity index (χ2n) is 7.54. The van der Waals surface area contributed by atoms with Gasteiger partial charge < -0.3 is 9.47 Å². The molecule has 0 N–H and O–H groups in total. The van der Waals surface area contributed by atoms with Gasteiger partial charge in [0.15, 0.2) is 5.13 Å². The summed E-state index contributed by atoms with van der Waals surface area (Å²) in [5.41, 5.74) is 3.83. The lowest BCUT2D eigenvalue weighted by molar-refractivity contribution is 0.0391. The Balaban J connectivity index is 0.00000272. The number of ether oxygens (including phenoxy) is 2. The molecular formula is C23H28ClN3O3S. The maximum Gasteiger partial charge on any atom is 0.260 e. The van der Waals surface area contributed by atoms with Crippen molar-refractivity contribution >= 4 is 45.0 Å². The molecule has 0 saturated carbocycles. The first-order valence-electron chi connectivity index (χ1n) is 10.2. The number of nitrogens with zero attached hydrogens (tertiary/aromatic N) is 3. The van der Waals surface area contributed by atoms with Gasteiger partial charge in [-0.05, 0) is 49.2 Å². The van der Waals surface area contributed by atoms with Crippen molar-refractivity contribution in [2.75, 3.05) is 51.4 Å². The summed E-state index contributed by atoms with van der Waals surface area (Å²) in [6, 6.07) is 11.7. The number of aromatic nitrogens is 1. The molecule has 2 heterocycles. The molecule has 1 fully saturated rings. The molecular weight excluding hydrogens is 434 g/mol. The molecule has 6 nitrogen and oxygen atoms in total. The molecule has 1 aromatic heterocycles. The van der Waals surface area contributed by atoms with Crippen molar-refractivity contribution in [2.24, 2.45) is 0 Å². The van der Waals surface area contributed by atoms with E-state index in [1.807, 2.05) is 48.2 Å². The van der Waals surface area contributed by atoms with E-state index in [0.717, 1.165) is 59.5 Å². The zero-order valence-corrected chi connectivity index (χ0v) is 19.7. The van der Waals surface area contributed by atoms with Crippen LogP contribution in [0.2, 0.25) is 0 Å². The number of carbonyl (C=O) groups excluding carboxylic acids is 1. The Labute approximate surface area is 193 Å². The molecule has 0 atom stereocenters. The van der Waals surface area contributed by atoms with Crippen LogP contribution >= 0.6 is 23.7 Å². The minimum absolute atomic E-state index is 0. The Bertz CT molecular complexity index is 1050. The van der Waals surface area contributed by atoms with E-state index < -0.39 is 0 Å². The minimum atomic E-state index is -0.0163. The number of thiazole rings is 1. The fourth-order valence-corrected chi connectivity index (χ4v) is 4.49. The Morgan fingerprint density at radius 2 is 1.94 bits per heavy atom. The van der Waals surface area contributed by atoms with Gasteiger partial charge in [0, 0.05) is 37.8 Å². The van der Waals surface area contributed by atoms with Crippen LogP contribution in [0.5, 0.6) is 5.75 Å². The Hall–Kier alpha value is -2.19. The van der Waals surface area contributed by atoms with E-state index in [0.29, 0.717) is 12.1 Å². The zero-order valence-electron chi connectivity index (χ0n) is 18.1. The normalized spacial score (nSPS) is 14.3. The number of benzene rings is 2. The smallest absolute Gasteiger partial charge is 0.260 e. The predicted octanol–water partition coefficient (Wildman–Crippen LogP) is 4.32. The van der Waals surface area contributed by atoms with Gasteiger partial charge in [-0.25, -0.2) is 4.98 Å². The van der Waals surface area contributed by atoms with Crippen molar-refractivity contribution in [1.29, 1.82) is 0 Å². The SMILES string of the molecule is COc1ccc2sc(N(CCN3CCOCC3)C(=O)c3ccc(C)c(C)c3)nc2c1.Cl. The molecule has 166 valence electrons. The van der Waals surface area contributed by atoms with Crippen LogP contribution < -0.4 is 9.64 Å². The Kier molecular flexibility index (Phi) is 7.89. The zero-order chi connectivity index (χ0) is 21.1. The van der Waals surface area contributed by atoms with Crippen LogP contribution in [0, 0.1) is 13.8 Å². The van der Waals surface area contributed by atoms with Gasteiger partial charge in [-0.1, -0.05) is 17.4 Å². The second kappa shape index (κ2) is 10.4. The average Bonchev–Trinajstić information content (AvgIpc) is 3.19. The fraction of sp³-hybridized carbons (Fsp3) is 0.391. The summed E-state index contributed by atoms with van der Waals surface area (Å²) in [6.07, 6.45) is 0. The third kappa shape index (κ3) is 5.36. The molecule has 2 aromatic carbocycles. The van der Waals surface area contributed by atoms with Gasteiger partial charge in [0.2, 0.25) is 0 Å². The molecule has 1 aliphatic heterocycles. The first-order valence-corrected chi connectivity index (χ1v) is 11.0. The van der Waals surface area contributed by atoms with Crippen molar-refractivity contribution in [3.63, 3.8) is 0 Å². The molecule has 1 amide bonds. The van der Waals surface area contributed by atoms with Crippen molar-refractivity contribution in [1.82, 2.24) is 9.88 Å². The summed E-state index contributed by atoms with van der Waals surface area (Å²) in [4.78, 5) is 22.4. The summed E-state index contributed by atoms with van der Waals surface area (Å²) in [6.45, 7) is 8.74. The maximum absolute atomic E-state index is 13.5. The minimum Gasteiger partial charge on any atom is -0.497 e. The summed E-state index contributed by atoms with van der Waals surface area (Å²) in [7, 11) is 1.65. The molecule has 1 aliphatic rings. The summed E-state index contributed by atoms with van der Waals surface area (Å²) in [5.74, 6) is 0.747. The predicted molar refractivity (Wildman–Crippen MR) is 128 cm³/mol. The topological polar surface area (TPSA) is 54.9 Å². The highest BCUT2D eigenvalue weighted by Crippen LogP contribution is 2.32. The molecule has 0 radical (unpaired) electrons. The van der Waals surface area contributed by atoms with Gasteiger partial charge in [-0.15, -0.1) is 12.4 Å². The van der Waals surface area contributed by atoms with Gasteiger partial charge in [0.25, 0.3) is 5.91 Å². The number of methoxy groups -OCH3 is 1. The van der Waals surface area contributed by atoms with Crippen LogP contribution in [-0.2, 0) is 4.74 Å². The number of carbonyl (C=O) groups is 1. The van der Waals surface area contributed by atoms with Crippen LogP contribution in [-0.4, -0.2) is 62.3 Å². The van der Waals surface area contributed by atoms with Crippen molar-refractivity contribution in [3.05, 3.63) is 53.1 Å². The maximum atomic E-state index is 13.5. The summed E-state index contributed by atoms with van der Waals surface area (Å²) in [5, 5.41) is 0.717. The third-order valence-electron chi connectivity index (χ3n) is 5.56. The number of anilines is 1. The van der Waals surface area contributed by atoms with Crippen LogP contribution in [0.4, 0.5) is 5.13 Å². The van der Waals surface area contributed by atoms with Crippen LogP contribution in [0.1, 0.15) is 21.5 Å². The van der Waals surface area contributed by atoms with Gasteiger partial charge in [0.05, 0.1) is 30.5 Å². The highest BCUT2D eigenvalue weighted by Gasteiger charge is 2.23. The average molecular weight is 462 g/mol. The van der Waals surface area contributed by atoms with Crippen LogP contribution in [0.25, 0.3) is 10.2 Å². The molecule has 0 aliphatic carbocycles. The molecule has 31 heavy (non-hydrogen) atoms. The van der Waals surface area contributed by atoms with Crippen molar-refractivity contribution in [3.8, 4) is 5.75 Å². The lowest BCUT2D eigenvalue weighted by Crippen LogP contribution is -2.43. The van der Waals surface area contributed by atoms with Crippen molar-refractivity contribution < 1.29 is 14.3 Å². The van der Waals surface area contributed by atoms with Gasteiger partial charge in [0.1, 0.15) is 5.75 Å². The lowest BCUT2D eigenvalue weighted by atomic mass is 10.1. The summed E-state index contributed by atoms with van der Waals surface area (Å²) < 4.78 is 11.8. The van der Waals surface area contributed by atoms with Gasteiger partial charge in [-0.2, -0.15) is 0 Å². The third-order valence-corrected chi connectivity index (χ3v) is 6.62. The number of hydrogen-bond acceptors (Lipinski definition) is 6. The number of hydrogen-bond donors (Lipinski definition) is 0. The van der Waals surface area contributed by atoms with E-state index >= 15 is 0 Å². The number of halogens is 1. The van der Waals surface area contributed by atoms with Gasteiger partial charge in [-0.3, -0.25) is 14.6 Å². The molecule has 3 aromatic rings. The first-order chi connectivity index (χ1) is 14.5. The molecule has 0 unspecified atom stereocenters. The first kappa shape index (κ1) is 23.5. The largest absolute Gasteiger partial charge is 0.497 e. The van der Waals surface area contributed by atoms with Crippen LogP contribution in [0.3, 0.4) is 0 Å². The standard InChI is InChI=1S/C23H27N3O3S.ClH/c1-16-4-5-18(14-17(16)2)22(27)26(9-8-25-10-12-29-13-11-25)23-24-20-15-19(28-3)6-7-21(20)30-23;/h4-7,14-15H,8-13H2,1-3H3;1H. The van der Waals surface area contributed by atoms with E-state index in [-0.39, 0.29) is 18.3 Å². The van der Waals surface area contributed by atoms with E-state index in [9.17, 15) is 4.79 Å². The Morgan fingerprint density at radius 1 is 1.16 bits per heavy atom. The second-order valence-corrected chi connectivity index (χ2v) is 8.55. The van der Waals surface area contributed by atoms with Crippen molar-refractivity contribution in [2.45, 2.75) is 13.8 Å². The monoisotopic (exact) mass is 461 g/mol. The molecule has 0 bridgehead atoms. The summed E-state index contributed by atoms with van der Waals surface area (Å²) >= 11 is 1.54. The molecule has 1 saturated heterocycles. The number of fused-ring (bicyclic) bond motifs is 1. The number of rotatable bonds is 6. The number of amides is 1. The highest BCUT2D eigenvalue weighted by molar-refractivity contribution is 7.22. The fourth-order valence-electron chi connectivity index (χ4n) is 3.52. The highest BCUT2D eigenvalue weighted by atomic mass is 35.5. The van der Waals surface area contributed by atoms with E-state index in [2.05, 4.69) is 11.8 Å². The Morgan fingerprint density at radius 3 is 2.65 bits per heavy atom. The quantitative estimate of drug-likeness (QED) is 0.547. The van der Waals surface area contributed by atoms with Crippen LogP contribution in [0.15, 0.2) is 36.4 Å². The number of morpholine rings is 1. The molecule has 4 rings (SSSR count). The molecule has 8 heteroatoms. The molecule has 0 spiro atoms. The van der Waals surface area contributed by atoms with E-state index in [1.165, 1.54) is 16.9 Å². The van der Waals surface area contributed by atoms with E-state index in [1.54, 1.807) is 7.11 Å². The van der Waals surface area contributed by atoms with E-state index in [4.69, 9.17) is 14.5 Å².